The second kappa shape index (κ2) is 6.62. The van der Waals surface area contributed by atoms with Crippen LogP contribution >= 0.6 is 0 Å². The fourth-order valence-electron chi connectivity index (χ4n) is 2.43. The molecule has 3 rings (SSSR count). The number of aryl methyl sites for hydroxylation is 1. The number of benzene rings is 2. The zero-order valence-corrected chi connectivity index (χ0v) is 13.5. The Morgan fingerprint density at radius 1 is 1.04 bits per heavy atom. The molecule has 0 aliphatic rings. The summed E-state index contributed by atoms with van der Waals surface area (Å²) in [6, 6.07) is 13.9. The molecule has 0 aliphatic heterocycles. The number of rotatable bonds is 4. The number of hydrogen-bond donors (Lipinski definition) is 0. The molecule has 1 aromatic heterocycles. The van der Waals surface area contributed by atoms with Gasteiger partial charge in [0.2, 0.25) is 0 Å². The van der Waals surface area contributed by atoms with Crippen LogP contribution in [0.1, 0.15) is 27.2 Å². The highest BCUT2D eigenvalue weighted by atomic mass is 19.1. The normalized spacial score (nSPS) is 11.1. The lowest BCUT2D eigenvalue weighted by atomic mass is 10.1. The van der Waals surface area contributed by atoms with Gasteiger partial charge in [-0.15, -0.1) is 0 Å². The van der Waals surface area contributed by atoms with Gasteiger partial charge in [0.1, 0.15) is 5.82 Å². The Morgan fingerprint density at radius 2 is 1.71 bits per heavy atom. The molecule has 0 amide bonds. The minimum absolute atomic E-state index is 0.110. The number of nitrogens with zero attached hydrogens (tertiary/aromatic N) is 2. The van der Waals surface area contributed by atoms with Gasteiger partial charge in [0.15, 0.2) is 5.78 Å². The number of halogens is 1. The van der Waals surface area contributed by atoms with E-state index >= 15 is 0 Å². The van der Waals surface area contributed by atoms with E-state index in [4.69, 9.17) is 0 Å². The SMILES string of the molecule is Cc1ccc(/C=C/C(=O)c2cnn(-c3ccc(F)cc3)c2C)cc1. The molecule has 2 aromatic carbocycles. The third-order valence-electron chi connectivity index (χ3n) is 3.85. The van der Waals surface area contributed by atoms with E-state index in [1.165, 1.54) is 17.7 Å². The molecule has 0 bridgehead atoms. The molecule has 0 spiro atoms. The summed E-state index contributed by atoms with van der Waals surface area (Å²) >= 11 is 0. The molecule has 0 saturated carbocycles. The molecule has 3 nitrogen and oxygen atoms in total. The van der Waals surface area contributed by atoms with Gasteiger partial charge in [-0.05, 0) is 49.8 Å². The van der Waals surface area contributed by atoms with Crippen molar-refractivity contribution in [1.29, 1.82) is 0 Å². The zero-order chi connectivity index (χ0) is 17.1. The monoisotopic (exact) mass is 320 g/mol. The van der Waals surface area contributed by atoms with Crippen LogP contribution in [0.2, 0.25) is 0 Å². The van der Waals surface area contributed by atoms with Crippen LogP contribution in [0.4, 0.5) is 4.39 Å². The predicted octanol–water partition coefficient (Wildman–Crippen LogP) is 4.52. The van der Waals surface area contributed by atoms with E-state index in [-0.39, 0.29) is 11.6 Å². The van der Waals surface area contributed by atoms with Crippen molar-refractivity contribution in [2.24, 2.45) is 0 Å². The quantitative estimate of drug-likeness (QED) is 0.523. The summed E-state index contributed by atoms with van der Waals surface area (Å²) in [6.07, 6.45) is 4.88. The molecule has 0 N–H and O–H groups in total. The summed E-state index contributed by atoms with van der Waals surface area (Å²) < 4.78 is 14.7. The van der Waals surface area contributed by atoms with Gasteiger partial charge in [0, 0.05) is 0 Å². The van der Waals surface area contributed by atoms with Crippen molar-refractivity contribution in [3.63, 3.8) is 0 Å². The van der Waals surface area contributed by atoms with E-state index in [9.17, 15) is 9.18 Å². The summed E-state index contributed by atoms with van der Waals surface area (Å²) in [5.41, 5.74) is 4.12. The van der Waals surface area contributed by atoms with Gasteiger partial charge in [-0.2, -0.15) is 5.10 Å². The molecule has 0 aliphatic carbocycles. The maximum Gasteiger partial charge on any atom is 0.189 e. The van der Waals surface area contributed by atoms with E-state index in [0.29, 0.717) is 5.56 Å². The summed E-state index contributed by atoms with van der Waals surface area (Å²) in [5.74, 6) is -0.415. The van der Waals surface area contributed by atoms with Gasteiger partial charge >= 0.3 is 0 Å². The highest BCUT2D eigenvalue weighted by Gasteiger charge is 2.13. The highest BCUT2D eigenvalue weighted by molar-refractivity contribution is 6.07. The van der Waals surface area contributed by atoms with E-state index in [1.807, 2.05) is 38.1 Å². The summed E-state index contributed by atoms with van der Waals surface area (Å²) in [7, 11) is 0. The van der Waals surface area contributed by atoms with E-state index in [1.54, 1.807) is 35.2 Å². The van der Waals surface area contributed by atoms with Gasteiger partial charge in [-0.25, -0.2) is 9.07 Å². The number of carbonyl (C=O) groups is 1. The van der Waals surface area contributed by atoms with Crippen molar-refractivity contribution in [3.8, 4) is 5.69 Å². The lowest BCUT2D eigenvalue weighted by Crippen LogP contribution is -2.01. The topological polar surface area (TPSA) is 34.9 Å². The maximum atomic E-state index is 13.0. The Balaban J connectivity index is 1.83. The van der Waals surface area contributed by atoms with Crippen molar-refractivity contribution in [2.45, 2.75) is 13.8 Å². The van der Waals surface area contributed by atoms with Gasteiger partial charge in [0.25, 0.3) is 0 Å². The van der Waals surface area contributed by atoms with E-state index in [0.717, 1.165) is 16.9 Å². The third-order valence-corrected chi connectivity index (χ3v) is 3.85. The van der Waals surface area contributed by atoms with Crippen LogP contribution in [0.5, 0.6) is 0 Å². The average molecular weight is 320 g/mol. The molecule has 0 unspecified atom stereocenters. The minimum Gasteiger partial charge on any atom is -0.289 e. The zero-order valence-electron chi connectivity index (χ0n) is 13.5. The van der Waals surface area contributed by atoms with Gasteiger partial charge < -0.3 is 0 Å². The van der Waals surface area contributed by atoms with Gasteiger partial charge in [0.05, 0.1) is 23.1 Å². The fraction of sp³-hybridized carbons (Fsp3) is 0.100. The standard InChI is InChI=1S/C20H17FN2O/c1-14-3-5-16(6-4-14)7-12-20(24)19-13-22-23(15(19)2)18-10-8-17(21)9-11-18/h3-13H,1-2H3/b12-7+. The Hall–Kier alpha value is -3.01. The molecule has 120 valence electrons. The number of ketones is 1. The molecule has 3 aromatic rings. The summed E-state index contributed by atoms with van der Waals surface area (Å²) in [6.45, 7) is 3.84. The lowest BCUT2D eigenvalue weighted by molar-refractivity contribution is 0.104. The van der Waals surface area contributed by atoms with Crippen LogP contribution in [0.25, 0.3) is 11.8 Å². The first-order valence-electron chi connectivity index (χ1n) is 7.64. The first-order chi connectivity index (χ1) is 11.5. The Morgan fingerprint density at radius 3 is 2.38 bits per heavy atom. The van der Waals surface area contributed by atoms with Crippen LogP contribution < -0.4 is 0 Å². The van der Waals surface area contributed by atoms with Crippen LogP contribution in [-0.4, -0.2) is 15.6 Å². The van der Waals surface area contributed by atoms with Gasteiger partial charge in [-0.1, -0.05) is 35.9 Å². The summed E-state index contributed by atoms with van der Waals surface area (Å²) in [5, 5.41) is 4.24. The predicted molar refractivity (Wildman–Crippen MR) is 92.8 cm³/mol. The first kappa shape index (κ1) is 15.9. The molecule has 4 heteroatoms. The molecule has 24 heavy (non-hydrogen) atoms. The van der Waals surface area contributed by atoms with Crippen LogP contribution in [0, 0.1) is 19.7 Å². The fourth-order valence-corrected chi connectivity index (χ4v) is 2.43. The second-order valence-electron chi connectivity index (χ2n) is 5.64. The number of carbonyl (C=O) groups excluding carboxylic acids is 1. The molecule has 0 atom stereocenters. The van der Waals surface area contributed by atoms with Crippen molar-refractivity contribution in [3.05, 3.63) is 89.0 Å². The first-order valence-corrected chi connectivity index (χ1v) is 7.64. The molecule has 0 saturated heterocycles. The third kappa shape index (κ3) is 3.33. The Labute approximate surface area is 140 Å². The highest BCUT2D eigenvalue weighted by Crippen LogP contribution is 2.16. The molecular formula is C20H17FN2O. The molecule has 0 fully saturated rings. The largest absolute Gasteiger partial charge is 0.289 e. The second-order valence-corrected chi connectivity index (χ2v) is 5.64. The van der Waals surface area contributed by atoms with E-state index < -0.39 is 0 Å². The Bertz CT molecular complexity index is 890. The number of allylic oxidation sites excluding steroid dienone is 1. The smallest absolute Gasteiger partial charge is 0.189 e. The lowest BCUT2D eigenvalue weighted by Gasteiger charge is -2.04. The molecular weight excluding hydrogens is 303 g/mol. The molecule has 1 heterocycles. The van der Waals surface area contributed by atoms with E-state index in [2.05, 4.69) is 5.10 Å². The Kier molecular flexibility index (Phi) is 4.38. The summed E-state index contributed by atoms with van der Waals surface area (Å²) in [4.78, 5) is 12.4. The van der Waals surface area contributed by atoms with Crippen molar-refractivity contribution < 1.29 is 9.18 Å². The maximum absolute atomic E-state index is 13.0. The average Bonchev–Trinajstić information content (AvgIpc) is 2.96. The van der Waals surface area contributed by atoms with Gasteiger partial charge in [-0.3, -0.25) is 4.79 Å². The van der Waals surface area contributed by atoms with Crippen LogP contribution in [0.15, 0.2) is 60.8 Å². The number of hydrogen-bond acceptors (Lipinski definition) is 2. The van der Waals surface area contributed by atoms with Crippen molar-refractivity contribution in [1.82, 2.24) is 9.78 Å². The minimum atomic E-state index is -0.305. The number of aromatic nitrogens is 2. The van der Waals surface area contributed by atoms with Crippen LogP contribution in [-0.2, 0) is 0 Å². The molecule has 0 radical (unpaired) electrons. The van der Waals surface area contributed by atoms with Crippen molar-refractivity contribution >= 4 is 11.9 Å². The van der Waals surface area contributed by atoms with Crippen LogP contribution in [0.3, 0.4) is 0 Å². The van der Waals surface area contributed by atoms with Crippen molar-refractivity contribution in [2.75, 3.05) is 0 Å².